The van der Waals surface area contributed by atoms with Gasteiger partial charge in [0, 0.05) is 12.6 Å². The van der Waals surface area contributed by atoms with Crippen LogP contribution in [0.4, 0.5) is 0 Å². The fraction of sp³-hybridized carbons (Fsp3) is 0.625. The molecule has 2 rings (SSSR count). The summed E-state index contributed by atoms with van der Waals surface area (Å²) in [6.07, 6.45) is 6.88. The van der Waals surface area contributed by atoms with Gasteiger partial charge < -0.3 is 10.1 Å². The van der Waals surface area contributed by atoms with Gasteiger partial charge in [-0.2, -0.15) is 0 Å². The molecule has 0 heterocycles. The van der Waals surface area contributed by atoms with Crippen LogP contribution in [-0.2, 0) is 0 Å². The minimum atomic E-state index is 0.687. The van der Waals surface area contributed by atoms with Crippen molar-refractivity contribution in [3.05, 3.63) is 30.3 Å². The van der Waals surface area contributed by atoms with Crippen LogP contribution in [0.1, 0.15) is 39.0 Å². The van der Waals surface area contributed by atoms with Gasteiger partial charge in [0.25, 0.3) is 0 Å². The molecule has 1 aromatic rings. The van der Waals surface area contributed by atoms with Crippen molar-refractivity contribution in [3.8, 4) is 5.75 Å². The summed E-state index contributed by atoms with van der Waals surface area (Å²) < 4.78 is 5.70. The summed E-state index contributed by atoms with van der Waals surface area (Å²) in [6.45, 7) is 4.08. The zero-order valence-electron chi connectivity index (χ0n) is 11.4. The van der Waals surface area contributed by atoms with Gasteiger partial charge >= 0.3 is 0 Å². The molecule has 100 valence electrons. The van der Waals surface area contributed by atoms with Crippen LogP contribution in [0.5, 0.6) is 5.75 Å². The molecule has 1 N–H and O–H groups in total. The van der Waals surface area contributed by atoms with E-state index in [1.807, 2.05) is 30.3 Å². The van der Waals surface area contributed by atoms with Crippen molar-refractivity contribution >= 4 is 0 Å². The predicted molar refractivity (Wildman–Crippen MR) is 76.0 cm³/mol. The molecule has 2 unspecified atom stereocenters. The maximum atomic E-state index is 5.70. The zero-order valence-corrected chi connectivity index (χ0v) is 11.4. The fourth-order valence-electron chi connectivity index (χ4n) is 2.73. The van der Waals surface area contributed by atoms with Crippen LogP contribution < -0.4 is 10.1 Å². The van der Waals surface area contributed by atoms with Crippen LogP contribution >= 0.6 is 0 Å². The molecule has 1 fully saturated rings. The summed E-state index contributed by atoms with van der Waals surface area (Å²) in [5.74, 6) is 1.78. The summed E-state index contributed by atoms with van der Waals surface area (Å²) in [7, 11) is 0. The van der Waals surface area contributed by atoms with Gasteiger partial charge in [-0.05, 0) is 30.9 Å². The third kappa shape index (κ3) is 4.34. The molecule has 1 aliphatic rings. The van der Waals surface area contributed by atoms with E-state index < -0.39 is 0 Å². The Morgan fingerprint density at radius 2 is 1.89 bits per heavy atom. The van der Waals surface area contributed by atoms with Gasteiger partial charge in [-0.3, -0.25) is 0 Å². The Hall–Kier alpha value is -1.02. The number of nitrogens with one attached hydrogen (secondary N) is 1. The van der Waals surface area contributed by atoms with Crippen molar-refractivity contribution in [2.24, 2.45) is 5.92 Å². The minimum absolute atomic E-state index is 0.687. The zero-order chi connectivity index (χ0) is 12.6. The smallest absolute Gasteiger partial charge is 0.119 e. The maximum Gasteiger partial charge on any atom is 0.119 e. The highest BCUT2D eigenvalue weighted by Crippen LogP contribution is 2.22. The molecule has 18 heavy (non-hydrogen) atoms. The van der Waals surface area contributed by atoms with Crippen molar-refractivity contribution in [2.75, 3.05) is 13.2 Å². The van der Waals surface area contributed by atoms with E-state index >= 15 is 0 Å². The molecule has 0 spiro atoms. The predicted octanol–water partition coefficient (Wildman–Crippen LogP) is 3.62. The molecule has 0 saturated heterocycles. The Labute approximate surface area is 111 Å². The van der Waals surface area contributed by atoms with E-state index in [0.717, 1.165) is 24.8 Å². The number of rotatable bonds is 5. The van der Waals surface area contributed by atoms with Gasteiger partial charge in [-0.25, -0.2) is 0 Å². The van der Waals surface area contributed by atoms with Crippen molar-refractivity contribution in [3.63, 3.8) is 0 Å². The number of hydrogen-bond acceptors (Lipinski definition) is 2. The molecule has 0 radical (unpaired) electrons. The second-order valence-electron chi connectivity index (χ2n) is 5.34. The highest BCUT2D eigenvalue weighted by atomic mass is 16.5. The number of para-hydroxylation sites is 1. The molecule has 0 aromatic heterocycles. The van der Waals surface area contributed by atoms with Crippen LogP contribution in [0.25, 0.3) is 0 Å². The summed E-state index contributed by atoms with van der Waals surface area (Å²) in [6, 6.07) is 10.7. The Balaban J connectivity index is 1.65. The largest absolute Gasteiger partial charge is 0.492 e. The summed E-state index contributed by atoms with van der Waals surface area (Å²) in [5, 5.41) is 3.66. The molecular weight excluding hydrogens is 222 g/mol. The van der Waals surface area contributed by atoms with Gasteiger partial charge in [-0.15, -0.1) is 0 Å². The summed E-state index contributed by atoms with van der Waals surface area (Å²) >= 11 is 0. The molecule has 1 aromatic carbocycles. The topological polar surface area (TPSA) is 21.3 Å². The quantitative estimate of drug-likeness (QED) is 0.634. The summed E-state index contributed by atoms with van der Waals surface area (Å²) in [4.78, 5) is 0. The third-order valence-electron chi connectivity index (χ3n) is 3.88. The number of hydrogen-bond donors (Lipinski definition) is 1. The van der Waals surface area contributed by atoms with Crippen LogP contribution in [0.2, 0.25) is 0 Å². The lowest BCUT2D eigenvalue weighted by atomic mass is 9.97. The number of ether oxygens (including phenoxy) is 1. The van der Waals surface area contributed by atoms with E-state index in [4.69, 9.17) is 4.74 Å². The van der Waals surface area contributed by atoms with E-state index in [2.05, 4.69) is 12.2 Å². The van der Waals surface area contributed by atoms with Crippen molar-refractivity contribution in [2.45, 2.75) is 45.1 Å². The first kappa shape index (κ1) is 13.4. The van der Waals surface area contributed by atoms with Crippen LogP contribution in [0.3, 0.4) is 0 Å². The highest BCUT2D eigenvalue weighted by Gasteiger charge is 2.18. The van der Waals surface area contributed by atoms with Crippen LogP contribution in [0, 0.1) is 5.92 Å². The van der Waals surface area contributed by atoms with Crippen molar-refractivity contribution in [1.82, 2.24) is 5.32 Å². The molecule has 2 nitrogen and oxygen atoms in total. The van der Waals surface area contributed by atoms with E-state index in [-0.39, 0.29) is 0 Å². The van der Waals surface area contributed by atoms with E-state index in [0.29, 0.717) is 6.04 Å². The molecular formula is C16H25NO. The first-order valence-corrected chi connectivity index (χ1v) is 7.27. The fourth-order valence-corrected chi connectivity index (χ4v) is 2.73. The second kappa shape index (κ2) is 7.42. The van der Waals surface area contributed by atoms with Gasteiger partial charge in [0.1, 0.15) is 12.4 Å². The molecule has 2 atom stereocenters. The highest BCUT2D eigenvalue weighted by molar-refractivity contribution is 5.20. The number of benzene rings is 1. The first-order valence-electron chi connectivity index (χ1n) is 7.27. The Bertz CT molecular complexity index is 325. The Morgan fingerprint density at radius 1 is 1.11 bits per heavy atom. The van der Waals surface area contributed by atoms with Crippen LogP contribution in [0.15, 0.2) is 30.3 Å². The first-order chi connectivity index (χ1) is 8.86. The van der Waals surface area contributed by atoms with E-state index in [9.17, 15) is 0 Å². The van der Waals surface area contributed by atoms with Gasteiger partial charge in [0.05, 0.1) is 0 Å². The Kier molecular flexibility index (Phi) is 5.53. The van der Waals surface area contributed by atoms with E-state index in [1.54, 1.807) is 0 Å². The molecule has 2 heteroatoms. The van der Waals surface area contributed by atoms with Gasteiger partial charge in [0.2, 0.25) is 0 Å². The standard InChI is InChI=1S/C16H25NO/c1-14-8-4-2-7-11-16(14)17-12-13-18-15-9-5-3-6-10-15/h3,5-6,9-10,14,16-17H,2,4,7-8,11-13H2,1H3. The second-order valence-corrected chi connectivity index (χ2v) is 5.34. The molecule has 1 saturated carbocycles. The monoisotopic (exact) mass is 247 g/mol. The molecule has 0 aliphatic heterocycles. The average molecular weight is 247 g/mol. The molecule has 1 aliphatic carbocycles. The lowest BCUT2D eigenvalue weighted by Gasteiger charge is -2.22. The normalized spacial score (nSPS) is 24.5. The lowest BCUT2D eigenvalue weighted by Crippen LogP contribution is -2.36. The lowest BCUT2D eigenvalue weighted by molar-refractivity contribution is 0.283. The third-order valence-corrected chi connectivity index (χ3v) is 3.88. The van der Waals surface area contributed by atoms with Crippen molar-refractivity contribution in [1.29, 1.82) is 0 Å². The minimum Gasteiger partial charge on any atom is -0.492 e. The van der Waals surface area contributed by atoms with Crippen molar-refractivity contribution < 1.29 is 4.74 Å². The molecule has 0 bridgehead atoms. The average Bonchev–Trinajstić information content (AvgIpc) is 2.61. The Morgan fingerprint density at radius 3 is 2.72 bits per heavy atom. The summed E-state index contributed by atoms with van der Waals surface area (Å²) in [5.41, 5.74) is 0. The van der Waals surface area contributed by atoms with Gasteiger partial charge in [0.15, 0.2) is 0 Å². The van der Waals surface area contributed by atoms with Crippen LogP contribution in [-0.4, -0.2) is 19.2 Å². The van der Waals surface area contributed by atoms with Gasteiger partial charge in [-0.1, -0.05) is 44.4 Å². The SMILES string of the molecule is CC1CCCCCC1NCCOc1ccccc1. The molecule has 0 amide bonds. The maximum absolute atomic E-state index is 5.70. The van der Waals surface area contributed by atoms with E-state index in [1.165, 1.54) is 32.1 Å².